The van der Waals surface area contributed by atoms with Crippen molar-refractivity contribution in [3.8, 4) is 5.88 Å². The molecule has 4 heteroatoms. The highest BCUT2D eigenvalue weighted by molar-refractivity contribution is 6.18. The first kappa shape index (κ1) is 10.6. The lowest BCUT2D eigenvalue weighted by atomic mass is 10.2. The Morgan fingerprint density at radius 3 is 2.69 bits per heavy atom. The van der Waals surface area contributed by atoms with Gasteiger partial charge in [0, 0.05) is 24.2 Å². The molecule has 1 aromatic heterocycles. The Bertz CT molecular complexity index is 278. The summed E-state index contributed by atoms with van der Waals surface area (Å²) in [6, 6.07) is 3.72. The van der Waals surface area contributed by atoms with E-state index in [1.807, 2.05) is 6.07 Å². The second-order valence-electron chi connectivity index (χ2n) is 2.53. The Balaban J connectivity index is 2.95. The minimum Gasteiger partial charge on any atom is -0.481 e. The molecule has 1 rings (SSSR count). The molecule has 0 unspecified atom stereocenters. The molecule has 2 nitrogen and oxygen atoms in total. The van der Waals surface area contributed by atoms with E-state index in [0.29, 0.717) is 17.6 Å². The van der Waals surface area contributed by atoms with Gasteiger partial charge in [-0.05, 0) is 5.56 Å². The van der Waals surface area contributed by atoms with Gasteiger partial charge in [-0.25, -0.2) is 4.98 Å². The molecule has 72 valence electrons. The van der Waals surface area contributed by atoms with Crippen LogP contribution in [0.3, 0.4) is 0 Å². The summed E-state index contributed by atoms with van der Waals surface area (Å²) in [6.07, 6.45) is 0.723. The highest BCUT2D eigenvalue weighted by Crippen LogP contribution is 2.15. The normalized spacial score (nSPS) is 10.1. The summed E-state index contributed by atoms with van der Waals surface area (Å²) >= 11 is 11.4. The van der Waals surface area contributed by atoms with Crippen LogP contribution >= 0.6 is 23.2 Å². The molecular formula is C9H11Cl2NO. The average Bonchev–Trinajstić information content (AvgIpc) is 2.18. The zero-order valence-corrected chi connectivity index (χ0v) is 8.90. The number of hydrogen-bond acceptors (Lipinski definition) is 2. The maximum atomic E-state index is 5.74. The standard InChI is InChI=1S/C9H11Cl2NO/c1-13-9-3-2-7(6-11)8(12-9)4-5-10/h2-3H,4-6H2,1H3. The topological polar surface area (TPSA) is 22.1 Å². The van der Waals surface area contributed by atoms with Crippen LogP contribution < -0.4 is 4.74 Å². The minimum absolute atomic E-state index is 0.462. The summed E-state index contributed by atoms with van der Waals surface area (Å²) in [6.45, 7) is 0. The SMILES string of the molecule is COc1ccc(CCl)c(CCCl)n1. The maximum absolute atomic E-state index is 5.74. The van der Waals surface area contributed by atoms with Crippen LogP contribution in [-0.4, -0.2) is 18.0 Å². The Kier molecular flexibility index (Phi) is 4.33. The third-order valence-electron chi connectivity index (χ3n) is 1.73. The largest absolute Gasteiger partial charge is 0.481 e. The van der Waals surface area contributed by atoms with Gasteiger partial charge in [0.25, 0.3) is 0 Å². The van der Waals surface area contributed by atoms with Crippen LogP contribution in [0.1, 0.15) is 11.3 Å². The number of rotatable bonds is 4. The van der Waals surface area contributed by atoms with Gasteiger partial charge < -0.3 is 4.74 Å². The van der Waals surface area contributed by atoms with Crippen molar-refractivity contribution in [2.24, 2.45) is 0 Å². The van der Waals surface area contributed by atoms with Gasteiger partial charge in [-0.1, -0.05) is 6.07 Å². The molecular weight excluding hydrogens is 209 g/mol. The quantitative estimate of drug-likeness (QED) is 0.727. The summed E-state index contributed by atoms with van der Waals surface area (Å²) in [5.41, 5.74) is 1.94. The monoisotopic (exact) mass is 219 g/mol. The average molecular weight is 220 g/mol. The molecule has 0 aliphatic carbocycles. The van der Waals surface area contributed by atoms with Crippen LogP contribution in [0, 0.1) is 0 Å². The molecule has 0 N–H and O–H groups in total. The first-order valence-corrected chi connectivity index (χ1v) is 5.03. The van der Waals surface area contributed by atoms with E-state index in [0.717, 1.165) is 17.7 Å². The van der Waals surface area contributed by atoms with Gasteiger partial charge in [-0.2, -0.15) is 0 Å². The van der Waals surface area contributed by atoms with Crippen LogP contribution in [0.4, 0.5) is 0 Å². The predicted molar refractivity (Wildman–Crippen MR) is 54.8 cm³/mol. The summed E-state index contributed by atoms with van der Waals surface area (Å²) in [5.74, 6) is 1.61. The summed E-state index contributed by atoms with van der Waals surface area (Å²) in [5, 5.41) is 0. The molecule has 0 aliphatic heterocycles. The lowest BCUT2D eigenvalue weighted by Gasteiger charge is -2.06. The molecule has 0 saturated carbocycles. The molecule has 0 fully saturated rings. The van der Waals surface area contributed by atoms with Gasteiger partial charge in [0.2, 0.25) is 5.88 Å². The van der Waals surface area contributed by atoms with Crippen LogP contribution in [0.15, 0.2) is 12.1 Å². The molecule has 1 heterocycles. The van der Waals surface area contributed by atoms with E-state index >= 15 is 0 Å². The Morgan fingerprint density at radius 2 is 2.15 bits per heavy atom. The van der Waals surface area contributed by atoms with E-state index < -0.39 is 0 Å². The fourth-order valence-electron chi connectivity index (χ4n) is 1.05. The zero-order chi connectivity index (χ0) is 9.68. The highest BCUT2D eigenvalue weighted by atomic mass is 35.5. The second kappa shape index (κ2) is 5.30. The lowest BCUT2D eigenvalue weighted by Crippen LogP contribution is -1.99. The number of hydrogen-bond donors (Lipinski definition) is 0. The number of aryl methyl sites for hydroxylation is 1. The van der Waals surface area contributed by atoms with E-state index in [-0.39, 0.29) is 0 Å². The molecule has 0 radical (unpaired) electrons. The number of nitrogens with zero attached hydrogens (tertiary/aromatic N) is 1. The molecule has 0 aromatic carbocycles. The third-order valence-corrected chi connectivity index (χ3v) is 2.20. The second-order valence-corrected chi connectivity index (χ2v) is 3.18. The molecule has 0 amide bonds. The van der Waals surface area contributed by atoms with Gasteiger partial charge in [0.05, 0.1) is 12.8 Å². The van der Waals surface area contributed by atoms with Gasteiger partial charge in [0.1, 0.15) is 0 Å². The van der Waals surface area contributed by atoms with Crippen molar-refractivity contribution in [3.63, 3.8) is 0 Å². The number of aromatic nitrogens is 1. The summed E-state index contributed by atoms with van der Waals surface area (Å²) < 4.78 is 5.00. The van der Waals surface area contributed by atoms with E-state index in [1.165, 1.54) is 0 Å². The smallest absolute Gasteiger partial charge is 0.213 e. The maximum Gasteiger partial charge on any atom is 0.213 e. The van der Waals surface area contributed by atoms with Crippen LogP contribution in [0.2, 0.25) is 0 Å². The zero-order valence-electron chi connectivity index (χ0n) is 7.39. The molecule has 0 atom stereocenters. The third kappa shape index (κ3) is 2.75. The molecule has 0 bridgehead atoms. The number of ether oxygens (including phenoxy) is 1. The molecule has 13 heavy (non-hydrogen) atoms. The van der Waals surface area contributed by atoms with E-state index in [2.05, 4.69) is 4.98 Å². The summed E-state index contributed by atoms with van der Waals surface area (Å²) in [4.78, 5) is 4.26. The fraction of sp³-hybridized carbons (Fsp3) is 0.444. The van der Waals surface area contributed by atoms with Crippen molar-refractivity contribution >= 4 is 23.2 Å². The van der Waals surface area contributed by atoms with Crippen molar-refractivity contribution in [1.82, 2.24) is 4.98 Å². The van der Waals surface area contributed by atoms with Crippen LogP contribution in [0.25, 0.3) is 0 Å². The first-order valence-electron chi connectivity index (χ1n) is 3.96. The molecule has 1 aromatic rings. The lowest BCUT2D eigenvalue weighted by molar-refractivity contribution is 0.396. The predicted octanol–water partition coefficient (Wildman–Crippen LogP) is 2.61. The number of methoxy groups -OCH3 is 1. The molecule has 0 saturated heterocycles. The van der Waals surface area contributed by atoms with Crippen LogP contribution in [0.5, 0.6) is 5.88 Å². The van der Waals surface area contributed by atoms with Crippen molar-refractivity contribution in [2.75, 3.05) is 13.0 Å². The highest BCUT2D eigenvalue weighted by Gasteiger charge is 2.04. The van der Waals surface area contributed by atoms with Crippen LogP contribution in [-0.2, 0) is 12.3 Å². The van der Waals surface area contributed by atoms with Crippen molar-refractivity contribution in [2.45, 2.75) is 12.3 Å². The van der Waals surface area contributed by atoms with Crippen molar-refractivity contribution in [3.05, 3.63) is 23.4 Å². The van der Waals surface area contributed by atoms with Gasteiger partial charge in [-0.15, -0.1) is 23.2 Å². The minimum atomic E-state index is 0.462. The fourth-order valence-corrected chi connectivity index (χ4v) is 1.47. The number of pyridine rings is 1. The Morgan fingerprint density at radius 1 is 1.38 bits per heavy atom. The molecule has 0 aliphatic rings. The van der Waals surface area contributed by atoms with Gasteiger partial charge in [-0.3, -0.25) is 0 Å². The van der Waals surface area contributed by atoms with Gasteiger partial charge in [0.15, 0.2) is 0 Å². The van der Waals surface area contributed by atoms with Crippen molar-refractivity contribution < 1.29 is 4.74 Å². The van der Waals surface area contributed by atoms with E-state index in [4.69, 9.17) is 27.9 Å². The first-order chi connectivity index (χ1) is 6.31. The molecule has 0 spiro atoms. The van der Waals surface area contributed by atoms with E-state index in [9.17, 15) is 0 Å². The van der Waals surface area contributed by atoms with Gasteiger partial charge >= 0.3 is 0 Å². The summed E-state index contributed by atoms with van der Waals surface area (Å²) in [7, 11) is 1.59. The Labute approximate surface area is 87.8 Å². The number of alkyl halides is 2. The van der Waals surface area contributed by atoms with Crippen molar-refractivity contribution in [1.29, 1.82) is 0 Å². The van der Waals surface area contributed by atoms with E-state index in [1.54, 1.807) is 13.2 Å². The number of halogens is 2. The Hall–Kier alpha value is -0.470.